The van der Waals surface area contributed by atoms with E-state index >= 15 is 0 Å². The Labute approximate surface area is 609 Å². The maximum absolute atomic E-state index is 13.9. The predicted octanol–water partition coefficient (Wildman–Crippen LogP) is 6.68. The zero-order valence-electron chi connectivity index (χ0n) is 55.6. The van der Waals surface area contributed by atoms with Crippen molar-refractivity contribution in [2.75, 3.05) is 40.0 Å². The fourth-order valence-electron chi connectivity index (χ4n) is 10.1. The molecule has 106 heavy (non-hydrogen) atoms. The highest BCUT2D eigenvalue weighted by Crippen LogP contribution is 2.27. The van der Waals surface area contributed by atoms with Crippen LogP contribution in [0.15, 0.2) is 143 Å². The van der Waals surface area contributed by atoms with Crippen LogP contribution in [0.25, 0.3) is 17.1 Å². The monoisotopic (exact) mass is 1530 g/mol. The standard InChI is InChI=1S/C24H21ClF2N4O6.C23H19ClF2N4O5.C22H17ClF2N4O5/c1-13-2-3-14(21(33)29-18-11-37-31(6-7-32)23(18)34)8-19(13)30-12-28-22(20(25)24(30)35)36-10-15-4-5-16(26)9-17(15)27;1-12-3-4-13(20(31)28-17-10-35-29(2)22(17)32)7-18(12)30-11-27-21(19(24)23(30)33)34-9-14-5-6-15(25)8-16(14)26;1-11-2-3-12(19(30)27-16-9-34-28-20(16)31)6-17(11)29-10-26-21(18(23)22(29)32)33-8-13-4-5-14(24)7-15(13)25/h2-5,8-9,12,18,32H,6-7,10-11H2,1H3,(H,29,33);3-8,11,17H,9-10H2,1-2H3,(H,28,31);2-7,10,16H,8-9H2,1H3,(H,27,30)(H,28,31)/t18-;17-;16-/m111/s1. The number of halogens is 9. The van der Waals surface area contributed by atoms with Gasteiger partial charge in [0.15, 0.2) is 15.1 Å². The summed E-state index contributed by atoms with van der Waals surface area (Å²) in [6.07, 6.45) is 3.47. The topological polar surface area (TPSA) is 337 Å². The molecule has 0 saturated carbocycles. The van der Waals surface area contributed by atoms with E-state index in [2.05, 4.69) is 36.4 Å². The van der Waals surface area contributed by atoms with Gasteiger partial charge in [0.05, 0.1) is 30.2 Å². The van der Waals surface area contributed by atoms with Crippen molar-refractivity contribution in [3.05, 3.63) is 259 Å². The highest BCUT2D eigenvalue weighted by Gasteiger charge is 2.35. The lowest BCUT2D eigenvalue weighted by Crippen LogP contribution is -2.43. The van der Waals surface area contributed by atoms with Crippen LogP contribution in [-0.4, -0.2) is 137 Å². The molecule has 0 radical (unpaired) electrons. The Morgan fingerprint density at radius 3 is 1.17 bits per heavy atom. The number of carbonyl (C=O) groups excluding carboxylic acids is 6. The van der Waals surface area contributed by atoms with E-state index in [1.54, 1.807) is 45.0 Å². The number of hydrogen-bond donors (Lipinski definition) is 5. The molecule has 28 nitrogen and oxygen atoms in total. The maximum Gasteiger partial charge on any atom is 0.280 e. The van der Waals surface area contributed by atoms with E-state index in [1.807, 2.05) is 0 Å². The number of aliphatic hydroxyl groups excluding tert-OH is 1. The molecule has 6 amide bonds. The number of hydroxylamine groups is 5. The van der Waals surface area contributed by atoms with Gasteiger partial charge >= 0.3 is 0 Å². The Morgan fingerprint density at radius 2 is 0.849 bits per heavy atom. The van der Waals surface area contributed by atoms with Crippen molar-refractivity contribution in [3.63, 3.8) is 0 Å². The second-order valence-corrected chi connectivity index (χ2v) is 24.3. The van der Waals surface area contributed by atoms with Crippen LogP contribution in [0.2, 0.25) is 15.1 Å². The first kappa shape index (κ1) is 77.1. The summed E-state index contributed by atoms with van der Waals surface area (Å²) in [5, 5.41) is 17.6. The molecule has 3 atom stereocenters. The van der Waals surface area contributed by atoms with Gasteiger partial charge in [-0.25, -0.2) is 56.9 Å². The summed E-state index contributed by atoms with van der Waals surface area (Å²) in [5.41, 5.74) is 3.64. The lowest BCUT2D eigenvalue weighted by molar-refractivity contribution is -0.163. The summed E-state index contributed by atoms with van der Waals surface area (Å²) >= 11 is 18.5. The second-order valence-electron chi connectivity index (χ2n) is 23.1. The summed E-state index contributed by atoms with van der Waals surface area (Å²) in [4.78, 5) is 140. The molecule has 0 bridgehead atoms. The molecule has 37 heteroatoms. The first-order valence-corrected chi connectivity index (χ1v) is 32.4. The molecule has 3 saturated heterocycles. The average molecular weight is 1530 g/mol. The molecular formula is C69H57Cl3F6N12O16. The number of rotatable bonds is 20. The Morgan fingerprint density at radius 1 is 0.500 bits per heavy atom. The van der Waals surface area contributed by atoms with Gasteiger partial charge in [-0.05, 0) is 110 Å². The van der Waals surface area contributed by atoms with Crippen LogP contribution in [0.5, 0.6) is 17.6 Å². The zero-order valence-corrected chi connectivity index (χ0v) is 57.8. The third kappa shape index (κ3) is 18.0. The molecule has 0 spiro atoms. The van der Waals surface area contributed by atoms with Gasteiger partial charge in [-0.2, -0.15) is 0 Å². The summed E-state index contributed by atoms with van der Waals surface area (Å²) in [5.74, 6) is -8.33. The lowest BCUT2D eigenvalue weighted by Gasteiger charge is -2.15. The van der Waals surface area contributed by atoms with Gasteiger partial charge in [-0.15, -0.1) is 0 Å². The minimum absolute atomic E-state index is 0.00837. The van der Waals surface area contributed by atoms with Crippen molar-refractivity contribution >= 4 is 70.2 Å². The van der Waals surface area contributed by atoms with Crippen molar-refractivity contribution < 1.29 is 88.9 Å². The molecule has 3 aliphatic heterocycles. The maximum atomic E-state index is 13.9. The molecule has 12 rings (SSSR count). The molecule has 0 aliphatic carbocycles. The largest absolute Gasteiger partial charge is 0.471 e. The van der Waals surface area contributed by atoms with Gasteiger partial charge in [-0.1, -0.05) is 53.0 Å². The van der Waals surface area contributed by atoms with E-state index in [0.717, 1.165) is 61.0 Å². The van der Waals surface area contributed by atoms with Crippen LogP contribution in [0, 0.1) is 55.7 Å². The number of nitrogens with one attached hydrogen (secondary N) is 4. The number of ether oxygens (including phenoxy) is 3. The molecule has 552 valence electrons. The van der Waals surface area contributed by atoms with Gasteiger partial charge in [0.1, 0.15) is 112 Å². The number of β-amino-alcohol motifs (C(OH)–C–C–N with tert-alkyl or cyclic N) is 1. The van der Waals surface area contributed by atoms with Crippen molar-refractivity contribution in [3.8, 4) is 34.7 Å². The summed E-state index contributed by atoms with van der Waals surface area (Å²) in [7, 11) is 1.45. The van der Waals surface area contributed by atoms with Gasteiger partial charge in [0.25, 0.3) is 52.1 Å². The van der Waals surface area contributed by atoms with Crippen LogP contribution < -0.4 is 52.3 Å². The number of aliphatic hydroxyl groups is 1. The quantitative estimate of drug-likeness (QED) is 0.0497. The highest BCUT2D eigenvalue weighted by atomic mass is 35.5. The molecule has 6 heterocycles. The fraction of sp³-hybridized carbons (Fsp3) is 0.217. The SMILES string of the molecule is Cc1ccc(C(=O)N[C@@H]2CON(C)C2=O)cc1-n1cnc(OCc2ccc(F)cc2F)c(Cl)c1=O.Cc1ccc(C(=O)N[C@@H]2CON(CCO)C2=O)cc1-n1cnc(OCc2ccc(F)cc2F)c(Cl)c1=O.Cc1ccc(C(=O)N[C@@H]2CONC2=O)cc1-n1cnc(OCc2ccc(F)cc2F)c(Cl)c1=O. The third-order valence-electron chi connectivity index (χ3n) is 15.9. The average Bonchev–Trinajstić information content (AvgIpc) is 1.63. The highest BCUT2D eigenvalue weighted by molar-refractivity contribution is 6.32. The smallest absolute Gasteiger partial charge is 0.280 e. The Kier molecular flexibility index (Phi) is 24.7. The van der Waals surface area contributed by atoms with Crippen LogP contribution in [0.1, 0.15) is 64.5 Å². The molecular weight excluding hydrogens is 1470 g/mol. The second kappa shape index (κ2) is 33.9. The number of amides is 6. The van der Waals surface area contributed by atoms with Crippen molar-refractivity contribution in [2.24, 2.45) is 0 Å². The molecule has 3 aliphatic rings. The van der Waals surface area contributed by atoms with E-state index in [9.17, 15) is 69.5 Å². The number of hydrogen-bond acceptors (Lipinski definition) is 19. The van der Waals surface area contributed by atoms with Crippen LogP contribution in [-0.2, 0) is 48.7 Å². The molecule has 3 fully saturated rings. The van der Waals surface area contributed by atoms with Crippen LogP contribution >= 0.6 is 34.8 Å². The molecule has 0 unspecified atom stereocenters. The van der Waals surface area contributed by atoms with E-state index in [4.69, 9.17) is 68.6 Å². The summed E-state index contributed by atoms with van der Waals surface area (Å²) in [6, 6.07) is 20.2. The van der Waals surface area contributed by atoms with Gasteiger partial charge in [0, 0.05) is 58.6 Å². The normalized spacial score (nSPS) is 15.3. The molecule has 6 aromatic carbocycles. The first-order valence-electron chi connectivity index (χ1n) is 31.2. The number of benzene rings is 6. The Balaban J connectivity index is 0.000000170. The van der Waals surface area contributed by atoms with Crippen LogP contribution in [0.3, 0.4) is 0 Å². The summed E-state index contributed by atoms with van der Waals surface area (Å²) in [6.45, 7) is 3.79. The van der Waals surface area contributed by atoms with E-state index in [-0.39, 0.29) is 125 Å². The molecule has 3 aromatic heterocycles. The first-order chi connectivity index (χ1) is 50.6. The zero-order chi connectivity index (χ0) is 76.4. The Hall–Kier alpha value is -11.5. The van der Waals surface area contributed by atoms with Crippen molar-refractivity contribution in [2.45, 2.75) is 58.7 Å². The minimum Gasteiger partial charge on any atom is -0.471 e. The fourth-order valence-corrected chi connectivity index (χ4v) is 10.7. The molecule has 9 aromatic rings. The number of aromatic nitrogens is 6. The number of carbonyl (C=O) groups is 6. The number of likely N-dealkylation sites (N-methyl/N-ethyl adjacent to an activating group) is 1. The van der Waals surface area contributed by atoms with E-state index in [1.165, 1.54) is 55.6 Å². The number of aryl methyl sites for hydroxylation is 3. The van der Waals surface area contributed by atoms with Gasteiger partial charge < -0.3 is 35.3 Å². The van der Waals surface area contributed by atoms with E-state index in [0.29, 0.717) is 52.0 Å². The molecule has 5 N–H and O–H groups in total. The summed E-state index contributed by atoms with van der Waals surface area (Å²) < 4.78 is 100. The van der Waals surface area contributed by atoms with E-state index < -0.39 is 99.2 Å². The minimum atomic E-state index is -0.926. The number of nitrogens with zero attached hydrogens (tertiary/aromatic N) is 8. The predicted molar refractivity (Wildman–Crippen MR) is 362 cm³/mol. The van der Waals surface area contributed by atoms with Gasteiger partial charge in [0.2, 0.25) is 17.6 Å². The van der Waals surface area contributed by atoms with Crippen molar-refractivity contribution in [1.29, 1.82) is 0 Å². The van der Waals surface area contributed by atoms with Gasteiger partial charge in [-0.3, -0.25) is 71.4 Å². The Bertz CT molecular complexity index is 5140. The third-order valence-corrected chi connectivity index (χ3v) is 16.9. The van der Waals surface area contributed by atoms with Crippen LogP contribution in [0.4, 0.5) is 26.3 Å². The lowest BCUT2D eigenvalue weighted by atomic mass is 10.1. The van der Waals surface area contributed by atoms with Crippen molar-refractivity contribution in [1.82, 2.24) is 60.2 Å².